The number of thiophene rings is 1. The maximum absolute atomic E-state index is 6.03. The Labute approximate surface area is 165 Å². The van der Waals surface area contributed by atoms with E-state index >= 15 is 0 Å². The van der Waals surface area contributed by atoms with Gasteiger partial charge in [-0.05, 0) is 66.8 Å². The summed E-state index contributed by atoms with van der Waals surface area (Å²) in [4.78, 5) is 1.21. The molecule has 0 amide bonds. The first-order chi connectivity index (χ1) is 12.8. The molecule has 0 aliphatic carbocycles. The minimum atomic E-state index is 0. The lowest BCUT2D eigenvalue weighted by atomic mass is 10.0. The molecule has 2 nitrogen and oxygen atoms in total. The van der Waals surface area contributed by atoms with Crippen molar-refractivity contribution in [2.24, 2.45) is 0 Å². The first-order valence-corrected chi connectivity index (χ1v) is 10.3. The van der Waals surface area contributed by atoms with Crippen molar-refractivity contribution in [3.63, 3.8) is 0 Å². The van der Waals surface area contributed by atoms with Gasteiger partial charge in [-0.1, -0.05) is 48.0 Å². The summed E-state index contributed by atoms with van der Waals surface area (Å²) in [5.74, 6) is 0.951. The maximum atomic E-state index is 6.03. The summed E-state index contributed by atoms with van der Waals surface area (Å²) >= 11 is 7.64. The van der Waals surface area contributed by atoms with Gasteiger partial charge in [-0.3, -0.25) is 0 Å². The summed E-state index contributed by atoms with van der Waals surface area (Å²) in [7, 11) is 0. The zero-order valence-electron chi connectivity index (χ0n) is 15.6. The lowest BCUT2D eigenvalue weighted by molar-refractivity contribution is 0.277. The van der Waals surface area contributed by atoms with E-state index in [0.29, 0.717) is 6.04 Å². The first-order valence-electron chi connectivity index (χ1n) is 9.06. The topological polar surface area (TPSA) is 21.3 Å². The molecule has 1 aromatic heterocycles. The van der Waals surface area contributed by atoms with Crippen LogP contribution in [0.2, 0.25) is 4.34 Å². The Hall–Kier alpha value is -1.81. The third-order valence-electron chi connectivity index (χ3n) is 4.76. The summed E-state index contributed by atoms with van der Waals surface area (Å²) in [5, 5.41) is 3.46. The van der Waals surface area contributed by atoms with Crippen molar-refractivity contribution in [1.82, 2.24) is 5.32 Å². The lowest BCUT2D eigenvalue weighted by Gasteiger charge is -2.12. The number of hydrogen-bond donors (Lipinski definition) is 1. The van der Waals surface area contributed by atoms with Crippen LogP contribution in [0.5, 0.6) is 5.75 Å². The average molecular weight is 385 g/mol. The molecule has 26 heavy (non-hydrogen) atoms. The predicted octanol–water partition coefficient (Wildman–Crippen LogP) is 5.90. The van der Waals surface area contributed by atoms with E-state index in [4.69, 9.17) is 16.3 Å². The summed E-state index contributed by atoms with van der Waals surface area (Å²) in [6.45, 7) is 1.87. The number of hydrogen-bond acceptors (Lipinski definition) is 3. The minimum absolute atomic E-state index is 0. The van der Waals surface area contributed by atoms with Crippen LogP contribution in [0, 0.1) is 0 Å². The Morgan fingerprint density at radius 3 is 2.35 bits per heavy atom. The molecular formula is C22H23ClNOS+. The molecule has 134 valence electrons. The van der Waals surface area contributed by atoms with E-state index in [1.807, 2.05) is 6.07 Å². The molecule has 1 saturated heterocycles. The number of rotatable bonds is 6. The predicted molar refractivity (Wildman–Crippen MR) is 112 cm³/mol. The highest BCUT2D eigenvalue weighted by atomic mass is 35.5. The Balaban J connectivity index is 0.00000210. The molecule has 0 saturated carbocycles. The standard InChI is InChI=1S/C22H22ClNOS/c23-22-12-11-21(26-22)18-7-3-16(4-8-18)14-17-5-9-20(10-6-17)25-15-19-2-1-13-24-19/h3-12,19,24H,1-2,13-15H2/p+1/t19-/m1/s1. The molecule has 1 aliphatic rings. The molecule has 1 N–H and O–H groups in total. The quantitative estimate of drug-likeness (QED) is 0.571. The van der Waals surface area contributed by atoms with Crippen molar-refractivity contribution < 1.29 is 6.16 Å². The molecule has 0 spiro atoms. The van der Waals surface area contributed by atoms with Gasteiger partial charge in [-0.2, -0.15) is 0 Å². The molecule has 2 heterocycles. The fraction of sp³-hybridized carbons (Fsp3) is 0.273. The smallest absolute Gasteiger partial charge is 0.492 e. The lowest BCUT2D eigenvalue weighted by Crippen LogP contribution is -2.28. The molecule has 2 aromatic carbocycles. The van der Waals surface area contributed by atoms with E-state index in [-0.39, 0.29) is 1.43 Å². The van der Waals surface area contributed by atoms with E-state index in [2.05, 4.69) is 59.9 Å². The van der Waals surface area contributed by atoms with Crippen LogP contribution in [0.3, 0.4) is 0 Å². The second-order valence-corrected chi connectivity index (χ2v) is 8.44. The van der Waals surface area contributed by atoms with Crippen molar-refractivity contribution in [2.75, 3.05) is 13.2 Å². The van der Waals surface area contributed by atoms with Crippen molar-refractivity contribution in [3.8, 4) is 16.2 Å². The maximum Gasteiger partial charge on any atom is 1.00 e. The highest BCUT2D eigenvalue weighted by molar-refractivity contribution is 7.19. The molecule has 1 fully saturated rings. The highest BCUT2D eigenvalue weighted by Gasteiger charge is 2.14. The van der Waals surface area contributed by atoms with E-state index in [0.717, 1.165) is 29.7 Å². The minimum Gasteiger partial charge on any atom is -0.492 e. The molecule has 1 atom stereocenters. The van der Waals surface area contributed by atoms with E-state index in [1.165, 1.54) is 34.4 Å². The zero-order valence-corrected chi connectivity index (χ0v) is 16.2. The number of ether oxygens (including phenoxy) is 1. The van der Waals surface area contributed by atoms with Gasteiger partial charge < -0.3 is 10.1 Å². The van der Waals surface area contributed by atoms with Crippen LogP contribution in [0.25, 0.3) is 10.4 Å². The van der Waals surface area contributed by atoms with Crippen LogP contribution in [0.15, 0.2) is 60.7 Å². The van der Waals surface area contributed by atoms with Gasteiger partial charge in [0.25, 0.3) is 0 Å². The number of nitrogens with one attached hydrogen (secondary N) is 1. The first kappa shape index (κ1) is 17.6. The molecule has 4 heteroatoms. The van der Waals surface area contributed by atoms with Crippen LogP contribution in [-0.2, 0) is 6.42 Å². The molecule has 3 aromatic rings. The van der Waals surface area contributed by atoms with Gasteiger partial charge in [0, 0.05) is 10.9 Å². The number of halogens is 1. The Morgan fingerprint density at radius 2 is 1.73 bits per heavy atom. The van der Waals surface area contributed by atoms with Gasteiger partial charge in [-0.15, -0.1) is 11.3 Å². The third kappa shape index (κ3) is 4.47. The van der Waals surface area contributed by atoms with Crippen LogP contribution in [-0.4, -0.2) is 19.2 Å². The zero-order chi connectivity index (χ0) is 17.8. The van der Waals surface area contributed by atoms with Gasteiger partial charge >= 0.3 is 1.43 Å². The SMILES string of the molecule is Clc1ccc(-c2ccc(Cc3ccc(OC[C@H]4CCCN4)cc3)cc2)s1.[H+]. The molecule has 0 unspecified atom stereocenters. The van der Waals surface area contributed by atoms with Gasteiger partial charge in [0.2, 0.25) is 0 Å². The second-order valence-electron chi connectivity index (χ2n) is 6.73. The average Bonchev–Trinajstić information content (AvgIpc) is 3.34. The Morgan fingerprint density at radius 1 is 1.00 bits per heavy atom. The van der Waals surface area contributed by atoms with Gasteiger partial charge in [0.1, 0.15) is 12.4 Å². The normalized spacial score (nSPS) is 16.7. The fourth-order valence-corrected chi connectivity index (χ4v) is 4.34. The monoisotopic (exact) mass is 384 g/mol. The van der Waals surface area contributed by atoms with Crippen molar-refractivity contribution >= 4 is 22.9 Å². The summed E-state index contributed by atoms with van der Waals surface area (Å²) in [6, 6.07) is 21.7. The van der Waals surface area contributed by atoms with E-state index in [9.17, 15) is 0 Å². The highest BCUT2D eigenvalue weighted by Crippen LogP contribution is 2.31. The van der Waals surface area contributed by atoms with Crippen LogP contribution < -0.4 is 10.1 Å². The van der Waals surface area contributed by atoms with Crippen molar-refractivity contribution in [1.29, 1.82) is 0 Å². The molecule has 0 bridgehead atoms. The van der Waals surface area contributed by atoms with Crippen LogP contribution in [0.1, 0.15) is 25.4 Å². The summed E-state index contributed by atoms with van der Waals surface area (Å²) in [6.07, 6.45) is 3.40. The molecule has 1 aliphatic heterocycles. The van der Waals surface area contributed by atoms with E-state index in [1.54, 1.807) is 11.3 Å². The van der Waals surface area contributed by atoms with Crippen molar-refractivity contribution in [2.45, 2.75) is 25.3 Å². The molecule has 4 rings (SSSR count). The van der Waals surface area contributed by atoms with Gasteiger partial charge in [0.05, 0.1) is 4.34 Å². The largest absolute Gasteiger partial charge is 1.00 e. The van der Waals surface area contributed by atoms with Crippen LogP contribution >= 0.6 is 22.9 Å². The van der Waals surface area contributed by atoms with Gasteiger partial charge in [0.15, 0.2) is 0 Å². The Kier molecular flexibility index (Phi) is 5.59. The molecule has 0 radical (unpaired) electrons. The van der Waals surface area contributed by atoms with Gasteiger partial charge in [-0.25, -0.2) is 0 Å². The summed E-state index contributed by atoms with van der Waals surface area (Å²) in [5.41, 5.74) is 3.82. The third-order valence-corrected chi connectivity index (χ3v) is 6.04. The number of benzene rings is 2. The van der Waals surface area contributed by atoms with E-state index < -0.39 is 0 Å². The molecular weight excluding hydrogens is 362 g/mol. The second kappa shape index (κ2) is 8.26. The van der Waals surface area contributed by atoms with Crippen molar-refractivity contribution in [3.05, 3.63) is 76.1 Å². The van der Waals surface area contributed by atoms with Crippen LogP contribution in [0.4, 0.5) is 0 Å². The summed E-state index contributed by atoms with van der Waals surface area (Å²) < 4.78 is 6.72. The Bertz CT molecular complexity index is 842. The fourth-order valence-electron chi connectivity index (χ4n) is 3.29.